The molecule has 0 bridgehead atoms. The fraction of sp³-hybridized carbons (Fsp3) is 0.438. The van der Waals surface area contributed by atoms with Gasteiger partial charge in [-0.15, -0.1) is 10.2 Å². The van der Waals surface area contributed by atoms with Gasteiger partial charge in [0.05, 0.1) is 0 Å². The van der Waals surface area contributed by atoms with E-state index >= 15 is 0 Å². The number of anilines is 1. The molecule has 0 saturated carbocycles. The summed E-state index contributed by atoms with van der Waals surface area (Å²) >= 11 is 1.40. The number of hydrogen-bond acceptors (Lipinski definition) is 5. The van der Waals surface area contributed by atoms with Gasteiger partial charge in [0.15, 0.2) is 6.10 Å². The van der Waals surface area contributed by atoms with E-state index in [0.29, 0.717) is 10.9 Å². The summed E-state index contributed by atoms with van der Waals surface area (Å²) in [6.45, 7) is 7.81. The maximum absolute atomic E-state index is 12.2. The van der Waals surface area contributed by atoms with Crippen molar-refractivity contribution < 1.29 is 9.53 Å². The van der Waals surface area contributed by atoms with Crippen LogP contribution in [0.15, 0.2) is 18.2 Å². The van der Waals surface area contributed by atoms with Crippen molar-refractivity contribution >= 4 is 22.4 Å². The standard InChI is InChI=1S/C16H21N3O2S/c1-5-6-14-18-19-16(22-14)17-15(20)12(4)21-13-8-10(2)7-11(3)9-13/h7-9,12H,5-6H2,1-4H3,(H,17,19,20). The number of hydrogen-bond donors (Lipinski definition) is 1. The molecule has 0 spiro atoms. The first-order chi connectivity index (χ1) is 10.5. The minimum Gasteiger partial charge on any atom is -0.481 e. The minimum absolute atomic E-state index is 0.224. The van der Waals surface area contributed by atoms with Gasteiger partial charge in [0, 0.05) is 6.42 Å². The lowest BCUT2D eigenvalue weighted by Gasteiger charge is -2.14. The van der Waals surface area contributed by atoms with Crippen LogP contribution >= 0.6 is 11.3 Å². The Morgan fingerprint density at radius 3 is 2.59 bits per heavy atom. The summed E-state index contributed by atoms with van der Waals surface area (Å²) in [4.78, 5) is 12.2. The van der Waals surface area contributed by atoms with Gasteiger partial charge in [-0.1, -0.05) is 24.3 Å². The predicted octanol–water partition coefficient (Wildman–Crippen LogP) is 3.51. The molecule has 1 N–H and O–H groups in total. The lowest BCUT2D eigenvalue weighted by Crippen LogP contribution is -2.30. The molecular formula is C16H21N3O2S. The normalized spacial score (nSPS) is 12.0. The zero-order valence-corrected chi connectivity index (χ0v) is 14.2. The van der Waals surface area contributed by atoms with E-state index in [9.17, 15) is 4.79 Å². The zero-order chi connectivity index (χ0) is 16.1. The molecule has 118 valence electrons. The lowest BCUT2D eigenvalue weighted by molar-refractivity contribution is -0.122. The molecule has 2 rings (SSSR count). The van der Waals surface area contributed by atoms with Gasteiger partial charge in [-0.2, -0.15) is 0 Å². The number of ether oxygens (including phenoxy) is 1. The largest absolute Gasteiger partial charge is 0.481 e. The second-order valence-corrected chi connectivity index (χ2v) is 6.39. The van der Waals surface area contributed by atoms with Crippen LogP contribution in [0, 0.1) is 13.8 Å². The molecule has 1 heterocycles. The minimum atomic E-state index is -0.597. The van der Waals surface area contributed by atoms with Crippen LogP contribution in [0.5, 0.6) is 5.75 Å². The summed E-state index contributed by atoms with van der Waals surface area (Å²) in [5, 5.41) is 12.2. The second kappa shape index (κ2) is 7.35. The number of benzene rings is 1. The van der Waals surface area contributed by atoms with Gasteiger partial charge in [0.25, 0.3) is 5.91 Å². The van der Waals surface area contributed by atoms with Crippen molar-refractivity contribution in [1.29, 1.82) is 0 Å². The molecule has 6 heteroatoms. The molecule has 22 heavy (non-hydrogen) atoms. The Hall–Kier alpha value is -1.95. The van der Waals surface area contributed by atoms with E-state index in [0.717, 1.165) is 29.0 Å². The molecule has 0 aliphatic rings. The highest BCUT2D eigenvalue weighted by atomic mass is 32.1. The number of carbonyl (C=O) groups is 1. The predicted molar refractivity (Wildman–Crippen MR) is 88.5 cm³/mol. The molecule has 0 fully saturated rings. The second-order valence-electron chi connectivity index (χ2n) is 5.32. The highest BCUT2D eigenvalue weighted by molar-refractivity contribution is 7.15. The van der Waals surface area contributed by atoms with Gasteiger partial charge in [0.2, 0.25) is 5.13 Å². The first-order valence-electron chi connectivity index (χ1n) is 7.36. The van der Waals surface area contributed by atoms with Crippen molar-refractivity contribution in [3.8, 4) is 5.75 Å². The Bertz CT molecular complexity index is 634. The fourth-order valence-corrected chi connectivity index (χ4v) is 2.93. The Kier molecular flexibility index (Phi) is 5.49. The van der Waals surface area contributed by atoms with E-state index in [1.807, 2.05) is 26.0 Å². The lowest BCUT2D eigenvalue weighted by atomic mass is 10.1. The molecule has 0 aliphatic heterocycles. The number of aryl methyl sites for hydroxylation is 3. The van der Waals surface area contributed by atoms with Crippen molar-refractivity contribution in [2.45, 2.75) is 46.6 Å². The molecule has 1 unspecified atom stereocenters. The maximum atomic E-state index is 12.2. The van der Waals surface area contributed by atoms with Crippen LogP contribution in [-0.2, 0) is 11.2 Å². The molecular weight excluding hydrogens is 298 g/mol. The molecule has 0 radical (unpaired) electrons. The quantitative estimate of drug-likeness (QED) is 0.885. The van der Waals surface area contributed by atoms with Crippen LogP contribution in [-0.4, -0.2) is 22.2 Å². The van der Waals surface area contributed by atoms with Gasteiger partial charge in [-0.05, 0) is 50.5 Å². The van der Waals surface area contributed by atoms with Gasteiger partial charge in [-0.3, -0.25) is 10.1 Å². The average molecular weight is 319 g/mol. The number of carbonyl (C=O) groups excluding carboxylic acids is 1. The SMILES string of the molecule is CCCc1nnc(NC(=O)C(C)Oc2cc(C)cc(C)c2)s1. The van der Waals surface area contributed by atoms with Crippen LogP contribution in [0.25, 0.3) is 0 Å². The van der Waals surface area contributed by atoms with Crippen molar-refractivity contribution in [2.24, 2.45) is 0 Å². The number of amides is 1. The monoisotopic (exact) mass is 319 g/mol. The third-order valence-corrected chi connectivity index (χ3v) is 3.94. The summed E-state index contributed by atoms with van der Waals surface area (Å²) < 4.78 is 5.71. The summed E-state index contributed by atoms with van der Waals surface area (Å²) in [5.74, 6) is 0.474. The topological polar surface area (TPSA) is 64.1 Å². The Balaban J connectivity index is 1.96. The average Bonchev–Trinajstić information content (AvgIpc) is 2.85. The number of aromatic nitrogens is 2. The summed E-state index contributed by atoms with van der Waals surface area (Å²) in [6, 6.07) is 5.90. The van der Waals surface area contributed by atoms with E-state index in [2.05, 4.69) is 28.5 Å². The van der Waals surface area contributed by atoms with Gasteiger partial charge < -0.3 is 4.74 Å². The van der Waals surface area contributed by atoms with E-state index in [1.54, 1.807) is 6.92 Å². The van der Waals surface area contributed by atoms with Crippen LogP contribution in [0.4, 0.5) is 5.13 Å². The molecule has 1 aromatic carbocycles. The van der Waals surface area contributed by atoms with Crippen molar-refractivity contribution in [1.82, 2.24) is 10.2 Å². The molecule has 0 saturated heterocycles. The van der Waals surface area contributed by atoms with Gasteiger partial charge in [0.1, 0.15) is 10.8 Å². The van der Waals surface area contributed by atoms with Crippen molar-refractivity contribution in [2.75, 3.05) is 5.32 Å². The smallest absolute Gasteiger partial charge is 0.266 e. The Morgan fingerprint density at radius 2 is 1.95 bits per heavy atom. The number of nitrogens with zero attached hydrogens (tertiary/aromatic N) is 2. The van der Waals surface area contributed by atoms with Crippen molar-refractivity contribution in [3.05, 3.63) is 34.3 Å². The highest BCUT2D eigenvalue weighted by Crippen LogP contribution is 2.19. The fourth-order valence-electron chi connectivity index (χ4n) is 2.08. The molecule has 1 amide bonds. The number of rotatable bonds is 6. The molecule has 0 aliphatic carbocycles. The summed E-state index contributed by atoms with van der Waals surface area (Å²) in [6.07, 6.45) is 1.29. The van der Waals surface area contributed by atoms with Crippen LogP contribution in [0.1, 0.15) is 36.4 Å². The third-order valence-electron chi connectivity index (χ3n) is 3.04. The van der Waals surface area contributed by atoms with Gasteiger partial charge >= 0.3 is 0 Å². The summed E-state index contributed by atoms with van der Waals surface area (Å²) in [7, 11) is 0. The van der Waals surface area contributed by atoms with E-state index in [4.69, 9.17) is 4.74 Å². The Labute approximate surface area is 134 Å². The van der Waals surface area contributed by atoms with E-state index in [-0.39, 0.29) is 5.91 Å². The molecule has 2 aromatic rings. The maximum Gasteiger partial charge on any atom is 0.266 e. The number of nitrogens with one attached hydrogen (secondary N) is 1. The highest BCUT2D eigenvalue weighted by Gasteiger charge is 2.17. The third kappa shape index (κ3) is 4.53. The van der Waals surface area contributed by atoms with E-state index < -0.39 is 6.10 Å². The zero-order valence-electron chi connectivity index (χ0n) is 13.3. The van der Waals surface area contributed by atoms with E-state index in [1.165, 1.54) is 11.3 Å². The van der Waals surface area contributed by atoms with Crippen LogP contribution in [0.2, 0.25) is 0 Å². The van der Waals surface area contributed by atoms with Crippen LogP contribution < -0.4 is 10.1 Å². The summed E-state index contributed by atoms with van der Waals surface area (Å²) in [5.41, 5.74) is 2.21. The van der Waals surface area contributed by atoms with Crippen molar-refractivity contribution in [3.63, 3.8) is 0 Å². The van der Waals surface area contributed by atoms with Crippen LogP contribution in [0.3, 0.4) is 0 Å². The first-order valence-corrected chi connectivity index (χ1v) is 8.17. The molecule has 5 nitrogen and oxygen atoms in total. The first kappa shape index (κ1) is 16.4. The Morgan fingerprint density at radius 1 is 1.27 bits per heavy atom. The van der Waals surface area contributed by atoms with Gasteiger partial charge in [-0.25, -0.2) is 0 Å². The molecule has 1 aromatic heterocycles. The molecule has 1 atom stereocenters.